The number of aryl methyl sites for hydroxylation is 1. The first-order valence-corrected chi connectivity index (χ1v) is 3.53. The van der Waals surface area contributed by atoms with Gasteiger partial charge in [0.1, 0.15) is 5.82 Å². The molecule has 9 heavy (non-hydrogen) atoms. The van der Waals surface area contributed by atoms with Crippen molar-refractivity contribution in [2.75, 3.05) is 0 Å². The summed E-state index contributed by atoms with van der Waals surface area (Å²) in [6, 6.07) is 0. The fourth-order valence-corrected chi connectivity index (χ4v) is 0.713. The van der Waals surface area contributed by atoms with Crippen LogP contribution >= 0.6 is 15.9 Å². The topological polar surface area (TPSA) is 25.8 Å². The highest BCUT2D eigenvalue weighted by molar-refractivity contribution is 9.08. The van der Waals surface area contributed by atoms with Crippen LogP contribution in [0.4, 0.5) is 0 Å². The molecule has 0 amide bonds. The van der Waals surface area contributed by atoms with E-state index in [1.54, 1.807) is 0 Å². The minimum Gasteiger partial charge on any atom is -0.240 e. The lowest BCUT2D eigenvalue weighted by atomic mass is 10.4. The van der Waals surface area contributed by atoms with Crippen LogP contribution in [0.1, 0.15) is 15.5 Å². The minimum absolute atomic E-state index is 0.173. The van der Waals surface area contributed by atoms with E-state index in [2.05, 4.69) is 25.9 Å². The van der Waals surface area contributed by atoms with Crippen LogP contribution in [0.15, 0.2) is 12.4 Å². The molecule has 0 unspecified atom stereocenters. The van der Waals surface area contributed by atoms with E-state index in [4.69, 9.17) is 4.11 Å². The molecule has 0 saturated heterocycles. The molecule has 0 aliphatic carbocycles. The van der Waals surface area contributed by atoms with Crippen LogP contribution in [0.3, 0.4) is 0 Å². The van der Waals surface area contributed by atoms with E-state index in [9.17, 15) is 0 Å². The second-order valence-corrected chi connectivity index (χ2v) is 2.08. The van der Waals surface area contributed by atoms with Crippen LogP contribution in [0, 0.1) is 6.85 Å². The summed E-state index contributed by atoms with van der Waals surface area (Å²) in [5, 5.41) is 0.536. The van der Waals surface area contributed by atoms with Crippen LogP contribution in [-0.4, -0.2) is 9.97 Å². The maximum Gasteiger partial charge on any atom is 0.138 e. The van der Waals surface area contributed by atoms with E-state index in [0.717, 1.165) is 0 Å². The van der Waals surface area contributed by atoms with Crippen molar-refractivity contribution in [1.29, 1.82) is 0 Å². The molecule has 0 N–H and O–H groups in total. The molecular formula is C6H7BrN2. The quantitative estimate of drug-likeness (QED) is 0.629. The van der Waals surface area contributed by atoms with Crippen molar-refractivity contribution >= 4 is 15.9 Å². The van der Waals surface area contributed by atoms with E-state index in [0.29, 0.717) is 11.2 Å². The van der Waals surface area contributed by atoms with Gasteiger partial charge < -0.3 is 0 Å². The first kappa shape index (κ1) is 3.66. The predicted molar refractivity (Wildman–Crippen MR) is 39.4 cm³/mol. The Labute approximate surface area is 66.7 Å². The van der Waals surface area contributed by atoms with Gasteiger partial charge in [-0.15, -0.1) is 0 Å². The average molecular weight is 190 g/mol. The summed E-state index contributed by atoms with van der Waals surface area (Å²) in [6.07, 6.45) is 2.66. The van der Waals surface area contributed by atoms with Gasteiger partial charge in [0, 0.05) is 16.5 Å². The molecule has 0 aromatic carbocycles. The highest BCUT2D eigenvalue weighted by atomic mass is 79.9. The highest BCUT2D eigenvalue weighted by Crippen LogP contribution is 1.97. The van der Waals surface area contributed by atoms with Crippen LogP contribution < -0.4 is 0 Å². The summed E-state index contributed by atoms with van der Waals surface area (Å²) in [4.78, 5) is 7.69. The molecule has 3 heteroatoms. The largest absolute Gasteiger partial charge is 0.240 e. The van der Waals surface area contributed by atoms with Crippen molar-refractivity contribution in [1.82, 2.24) is 9.97 Å². The molecule has 1 rings (SSSR count). The molecule has 0 aliphatic rings. The third-order valence-electron chi connectivity index (χ3n) is 0.825. The number of rotatable bonds is 1. The van der Waals surface area contributed by atoms with Crippen molar-refractivity contribution in [3.05, 3.63) is 23.8 Å². The van der Waals surface area contributed by atoms with Gasteiger partial charge in [0.2, 0.25) is 0 Å². The van der Waals surface area contributed by atoms with Crippen molar-refractivity contribution in [3.8, 4) is 0 Å². The number of hydrogen-bond acceptors (Lipinski definition) is 2. The minimum atomic E-state index is -2.11. The molecule has 0 radical (unpaired) electrons. The smallest absolute Gasteiger partial charge is 0.138 e. The van der Waals surface area contributed by atoms with Gasteiger partial charge in [-0.2, -0.15) is 0 Å². The Kier molecular flexibility index (Phi) is 1.19. The average Bonchev–Trinajstić information content (AvgIpc) is 2.03. The Morgan fingerprint density at radius 1 is 1.67 bits per heavy atom. The Balaban J connectivity index is 2.93. The van der Waals surface area contributed by atoms with Crippen molar-refractivity contribution in [2.24, 2.45) is 0 Å². The molecule has 0 spiro atoms. The summed E-state index contributed by atoms with van der Waals surface area (Å²) in [7, 11) is 0. The molecule has 1 heterocycles. The Bertz CT molecular complexity index is 256. The molecule has 0 saturated carbocycles. The standard InChI is InChI=1S/C6H7BrN2/c1-5-3-8-6(2-7)9-4-5/h3-4H,2H2,1H3/i1D3. The Hall–Kier alpha value is -0.440. The highest BCUT2D eigenvalue weighted by Gasteiger charge is 1.89. The second kappa shape index (κ2) is 2.92. The van der Waals surface area contributed by atoms with Gasteiger partial charge >= 0.3 is 0 Å². The van der Waals surface area contributed by atoms with E-state index in [1.165, 1.54) is 12.4 Å². The summed E-state index contributed by atoms with van der Waals surface area (Å²) in [6.45, 7) is -2.11. The molecule has 0 atom stereocenters. The lowest BCUT2D eigenvalue weighted by molar-refractivity contribution is 1.02. The van der Waals surface area contributed by atoms with Crippen LogP contribution in [0.25, 0.3) is 0 Å². The van der Waals surface area contributed by atoms with Crippen molar-refractivity contribution < 1.29 is 4.11 Å². The van der Waals surface area contributed by atoms with Gasteiger partial charge in [0.05, 0.1) is 5.33 Å². The number of halogens is 1. The fraction of sp³-hybridized carbons (Fsp3) is 0.333. The maximum atomic E-state index is 7.04. The molecule has 0 fully saturated rings. The van der Waals surface area contributed by atoms with Gasteiger partial charge in [-0.1, -0.05) is 15.9 Å². The zero-order chi connectivity index (χ0) is 9.19. The van der Waals surface area contributed by atoms with Crippen molar-refractivity contribution in [2.45, 2.75) is 12.2 Å². The zero-order valence-electron chi connectivity index (χ0n) is 7.63. The monoisotopic (exact) mass is 189 g/mol. The summed E-state index contributed by atoms with van der Waals surface area (Å²) >= 11 is 3.17. The lowest BCUT2D eigenvalue weighted by Crippen LogP contribution is -1.89. The molecule has 1 aromatic rings. The normalized spacial score (nSPS) is 15.9. The van der Waals surface area contributed by atoms with Crippen LogP contribution in [0.5, 0.6) is 0 Å². The number of alkyl halides is 1. The van der Waals surface area contributed by atoms with Crippen molar-refractivity contribution in [3.63, 3.8) is 0 Å². The fourth-order valence-electron chi connectivity index (χ4n) is 0.424. The van der Waals surface area contributed by atoms with E-state index < -0.39 is 6.85 Å². The maximum absolute atomic E-state index is 7.04. The molecular weight excluding hydrogens is 180 g/mol. The van der Waals surface area contributed by atoms with Gasteiger partial charge in [0.15, 0.2) is 0 Å². The summed E-state index contributed by atoms with van der Waals surface area (Å²) < 4.78 is 21.1. The van der Waals surface area contributed by atoms with Crippen LogP contribution in [-0.2, 0) is 5.33 Å². The molecule has 0 bridgehead atoms. The van der Waals surface area contributed by atoms with Gasteiger partial charge in [-0.25, -0.2) is 9.97 Å². The second-order valence-electron chi connectivity index (χ2n) is 1.52. The third kappa shape index (κ3) is 1.75. The number of aromatic nitrogens is 2. The van der Waals surface area contributed by atoms with Crippen LogP contribution in [0.2, 0.25) is 0 Å². The third-order valence-corrected chi connectivity index (χ3v) is 1.33. The van der Waals surface area contributed by atoms with Gasteiger partial charge in [-0.3, -0.25) is 0 Å². The summed E-state index contributed by atoms with van der Waals surface area (Å²) in [5.74, 6) is 0.586. The summed E-state index contributed by atoms with van der Waals surface area (Å²) in [5.41, 5.74) is 0.173. The number of nitrogens with zero attached hydrogens (tertiary/aromatic N) is 2. The van der Waals surface area contributed by atoms with Gasteiger partial charge in [0.25, 0.3) is 0 Å². The molecule has 48 valence electrons. The van der Waals surface area contributed by atoms with Gasteiger partial charge in [-0.05, 0) is 12.4 Å². The lowest BCUT2D eigenvalue weighted by Gasteiger charge is -1.91. The Morgan fingerprint density at radius 3 is 2.78 bits per heavy atom. The van der Waals surface area contributed by atoms with E-state index in [-0.39, 0.29) is 5.56 Å². The SMILES string of the molecule is [2H]C([2H])([2H])c1cnc(CBr)nc1. The first-order valence-electron chi connectivity index (χ1n) is 3.91. The van der Waals surface area contributed by atoms with E-state index >= 15 is 0 Å². The molecule has 1 aromatic heterocycles. The Morgan fingerprint density at radius 2 is 2.33 bits per heavy atom. The predicted octanol–water partition coefficient (Wildman–Crippen LogP) is 1.68. The zero-order valence-corrected chi connectivity index (χ0v) is 6.22. The first-order chi connectivity index (χ1) is 5.54. The van der Waals surface area contributed by atoms with E-state index in [1.807, 2.05) is 0 Å². The molecule has 0 aliphatic heterocycles. The number of hydrogen-bond donors (Lipinski definition) is 0. The molecule has 2 nitrogen and oxygen atoms in total.